The molecule has 2 unspecified atom stereocenters. The van der Waals surface area contributed by atoms with E-state index in [1.54, 1.807) is 0 Å². The number of phosphoric ester groups is 1. The van der Waals surface area contributed by atoms with E-state index in [9.17, 15) is 14.2 Å². The standard InChI is InChI=1S/C41H75O9P/c1-3-5-7-8-9-10-11-12-13-14-15-16-17-18-23-26-30-34-41(43)49-37(36-48-51(44,45)46)35-47-40(42)33-29-25-22-20-19-21-24-28-32-39-38(50-39)31-27-6-4-2/h12-13,24,28,37-39H,3-11,14-23,25-27,29-36H2,1-2H3,(H2,44,45,46)/b13-12-,28-24-/t37-,38?,39?/m1/s1. The predicted molar refractivity (Wildman–Crippen MR) is 206 cm³/mol. The molecule has 0 aromatic rings. The van der Waals surface area contributed by atoms with Crippen molar-refractivity contribution in [2.75, 3.05) is 13.2 Å². The SMILES string of the molecule is CCCCCCCC/C=C\CCCCCCCCCC(=O)O[C@H](COC(=O)CCCCCCC/C=C\CC1OC1CCCCC)COP(=O)(O)O. The van der Waals surface area contributed by atoms with Gasteiger partial charge in [-0.2, -0.15) is 0 Å². The lowest BCUT2D eigenvalue weighted by atomic mass is 10.1. The molecule has 1 saturated heterocycles. The zero-order valence-corrected chi connectivity index (χ0v) is 33.3. The first-order chi connectivity index (χ1) is 24.7. The average Bonchev–Trinajstić information content (AvgIpc) is 3.85. The van der Waals surface area contributed by atoms with Gasteiger partial charge >= 0.3 is 19.8 Å². The zero-order valence-electron chi connectivity index (χ0n) is 32.5. The van der Waals surface area contributed by atoms with Gasteiger partial charge in [0.25, 0.3) is 0 Å². The third-order valence-electron chi connectivity index (χ3n) is 9.37. The summed E-state index contributed by atoms with van der Waals surface area (Å²) in [4.78, 5) is 42.8. The van der Waals surface area contributed by atoms with Gasteiger partial charge in [-0.25, -0.2) is 4.57 Å². The molecule has 0 aromatic heterocycles. The van der Waals surface area contributed by atoms with Crippen molar-refractivity contribution in [1.29, 1.82) is 0 Å². The van der Waals surface area contributed by atoms with E-state index >= 15 is 0 Å². The molecular weight excluding hydrogens is 667 g/mol. The number of phosphoric acid groups is 1. The van der Waals surface area contributed by atoms with Crippen LogP contribution in [0.5, 0.6) is 0 Å². The van der Waals surface area contributed by atoms with Gasteiger partial charge in [-0.3, -0.25) is 14.1 Å². The number of unbranched alkanes of at least 4 members (excludes halogenated alkanes) is 20. The highest BCUT2D eigenvalue weighted by molar-refractivity contribution is 7.46. The van der Waals surface area contributed by atoms with Crippen LogP contribution >= 0.6 is 7.82 Å². The van der Waals surface area contributed by atoms with Crippen LogP contribution in [0, 0.1) is 0 Å². The lowest BCUT2D eigenvalue weighted by Gasteiger charge is -2.18. The minimum atomic E-state index is -4.76. The monoisotopic (exact) mass is 743 g/mol. The van der Waals surface area contributed by atoms with E-state index in [2.05, 4.69) is 42.7 Å². The first-order valence-electron chi connectivity index (χ1n) is 20.8. The van der Waals surface area contributed by atoms with Crippen LogP contribution in [0.1, 0.15) is 194 Å². The summed E-state index contributed by atoms with van der Waals surface area (Å²) in [6.07, 6.45) is 39.2. The Hall–Kier alpha value is -1.51. The van der Waals surface area contributed by atoms with Crippen molar-refractivity contribution < 1.29 is 42.7 Å². The maximum atomic E-state index is 12.4. The van der Waals surface area contributed by atoms with Crippen molar-refractivity contribution in [2.24, 2.45) is 0 Å². The maximum Gasteiger partial charge on any atom is 0.469 e. The molecule has 2 N–H and O–H groups in total. The second-order valence-electron chi connectivity index (χ2n) is 14.3. The molecule has 1 aliphatic heterocycles. The molecule has 0 radical (unpaired) electrons. The van der Waals surface area contributed by atoms with Gasteiger partial charge in [-0.15, -0.1) is 0 Å². The lowest BCUT2D eigenvalue weighted by molar-refractivity contribution is -0.161. The fourth-order valence-corrected chi connectivity index (χ4v) is 6.50. The molecule has 0 amide bonds. The smallest absolute Gasteiger partial charge is 0.462 e. The Kier molecular flexibility index (Phi) is 30.8. The van der Waals surface area contributed by atoms with Crippen molar-refractivity contribution in [1.82, 2.24) is 0 Å². The Morgan fingerprint density at radius 2 is 1.08 bits per heavy atom. The van der Waals surface area contributed by atoms with Crippen LogP contribution in [-0.4, -0.2) is 53.3 Å². The van der Waals surface area contributed by atoms with E-state index in [0.29, 0.717) is 25.0 Å². The van der Waals surface area contributed by atoms with Crippen LogP contribution in [0.4, 0.5) is 0 Å². The van der Waals surface area contributed by atoms with Gasteiger partial charge in [0.05, 0.1) is 18.8 Å². The summed E-state index contributed by atoms with van der Waals surface area (Å²) in [7, 11) is -4.76. The molecule has 1 fully saturated rings. The molecule has 1 aliphatic rings. The van der Waals surface area contributed by atoms with Crippen molar-refractivity contribution in [3.8, 4) is 0 Å². The minimum absolute atomic E-state index is 0.202. The van der Waals surface area contributed by atoms with E-state index in [4.69, 9.17) is 24.0 Å². The fraction of sp³-hybridized carbons (Fsp3) is 0.854. The summed E-state index contributed by atoms with van der Waals surface area (Å²) in [6, 6.07) is 0. The molecule has 1 rings (SSSR count). The van der Waals surface area contributed by atoms with E-state index in [0.717, 1.165) is 64.2 Å². The third kappa shape index (κ3) is 32.8. The van der Waals surface area contributed by atoms with Gasteiger partial charge in [-0.05, 0) is 64.2 Å². The number of allylic oxidation sites excluding steroid dienone is 3. The largest absolute Gasteiger partial charge is 0.469 e. The highest BCUT2D eigenvalue weighted by atomic mass is 31.2. The van der Waals surface area contributed by atoms with E-state index in [-0.39, 0.29) is 19.4 Å². The summed E-state index contributed by atoms with van der Waals surface area (Å²) < 4.78 is 32.1. The van der Waals surface area contributed by atoms with Crippen molar-refractivity contribution in [2.45, 2.75) is 212 Å². The van der Waals surface area contributed by atoms with Gasteiger partial charge in [0.1, 0.15) is 6.61 Å². The molecule has 0 bridgehead atoms. The zero-order chi connectivity index (χ0) is 37.3. The van der Waals surface area contributed by atoms with Gasteiger partial charge < -0.3 is 24.0 Å². The number of esters is 2. The minimum Gasteiger partial charge on any atom is -0.462 e. The molecule has 0 aromatic carbocycles. The highest BCUT2D eigenvalue weighted by Gasteiger charge is 2.36. The number of epoxide rings is 1. The molecule has 0 saturated carbocycles. The van der Waals surface area contributed by atoms with Gasteiger partial charge in [0.2, 0.25) is 0 Å². The third-order valence-corrected chi connectivity index (χ3v) is 9.85. The number of hydrogen-bond donors (Lipinski definition) is 2. The van der Waals surface area contributed by atoms with Gasteiger partial charge in [0.15, 0.2) is 6.10 Å². The van der Waals surface area contributed by atoms with Crippen molar-refractivity contribution in [3.05, 3.63) is 24.3 Å². The predicted octanol–water partition coefficient (Wildman–Crippen LogP) is 11.4. The molecule has 10 heteroatoms. The van der Waals surface area contributed by atoms with Crippen LogP contribution in [0.3, 0.4) is 0 Å². The van der Waals surface area contributed by atoms with Crippen LogP contribution < -0.4 is 0 Å². The Bertz CT molecular complexity index is 947. The van der Waals surface area contributed by atoms with E-state index < -0.39 is 32.5 Å². The van der Waals surface area contributed by atoms with Crippen molar-refractivity contribution in [3.63, 3.8) is 0 Å². The quantitative estimate of drug-likeness (QED) is 0.0210. The number of ether oxygens (including phenoxy) is 3. The van der Waals surface area contributed by atoms with E-state index in [1.807, 2.05) is 0 Å². The van der Waals surface area contributed by atoms with Crippen LogP contribution in [-0.2, 0) is 32.9 Å². The van der Waals surface area contributed by atoms with Gasteiger partial charge in [-0.1, -0.05) is 141 Å². The maximum absolute atomic E-state index is 12.4. The Morgan fingerprint density at radius 1 is 0.608 bits per heavy atom. The second kappa shape index (κ2) is 33.1. The summed E-state index contributed by atoms with van der Waals surface area (Å²) in [6.45, 7) is 3.64. The fourth-order valence-electron chi connectivity index (χ4n) is 6.14. The Balaban J connectivity index is 2.06. The first-order valence-corrected chi connectivity index (χ1v) is 22.3. The summed E-state index contributed by atoms with van der Waals surface area (Å²) >= 11 is 0. The number of rotatable bonds is 37. The Morgan fingerprint density at radius 3 is 1.63 bits per heavy atom. The number of carbonyl (C=O) groups is 2. The van der Waals surface area contributed by atoms with E-state index in [1.165, 1.54) is 89.9 Å². The molecule has 0 aliphatic carbocycles. The summed E-state index contributed by atoms with van der Waals surface area (Å²) in [5.74, 6) is -0.907. The van der Waals surface area contributed by atoms with Gasteiger partial charge in [0, 0.05) is 12.8 Å². The summed E-state index contributed by atoms with van der Waals surface area (Å²) in [5, 5.41) is 0. The average molecular weight is 743 g/mol. The molecule has 3 atom stereocenters. The highest BCUT2D eigenvalue weighted by Crippen LogP contribution is 2.36. The number of carbonyl (C=O) groups excluding carboxylic acids is 2. The molecule has 51 heavy (non-hydrogen) atoms. The lowest BCUT2D eigenvalue weighted by Crippen LogP contribution is -2.29. The normalized spacial score (nSPS) is 16.6. The number of hydrogen-bond acceptors (Lipinski definition) is 7. The molecule has 298 valence electrons. The molecule has 0 spiro atoms. The summed E-state index contributed by atoms with van der Waals surface area (Å²) in [5.41, 5.74) is 0. The molecule has 9 nitrogen and oxygen atoms in total. The first kappa shape index (κ1) is 47.5. The Labute approximate surface area is 311 Å². The van der Waals surface area contributed by atoms with Crippen LogP contribution in [0.25, 0.3) is 0 Å². The topological polar surface area (TPSA) is 132 Å². The van der Waals surface area contributed by atoms with Crippen LogP contribution in [0.2, 0.25) is 0 Å². The molecular formula is C41H75O9P. The molecule has 1 heterocycles. The van der Waals surface area contributed by atoms with Crippen molar-refractivity contribution >= 4 is 19.8 Å². The second-order valence-corrected chi connectivity index (χ2v) is 15.6. The van der Waals surface area contributed by atoms with Crippen LogP contribution in [0.15, 0.2) is 24.3 Å².